The van der Waals surface area contributed by atoms with Crippen molar-refractivity contribution >= 4 is 9.90 Å². The molecule has 29 heavy (non-hydrogen) atoms. The number of phenolic OH excluding ortho intramolecular Hbond substituents is 2. The van der Waals surface area contributed by atoms with Crippen LogP contribution in [0.2, 0.25) is 0 Å². The van der Waals surface area contributed by atoms with Crippen molar-refractivity contribution < 1.29 is 10.2 Å². The minimum Gasteiger partial charge on any atom is -0.508 e. The lowest BCUT2D eigenvalue weighted by molar-refractivity contribution is 0.445. The maximum atomic E-state index is 10.5. The summed E-state index contributed by atoms with van der Waals surface area (Å²) in [5.41, 5.74) is 6.52. The number of phenols is 2. The normalized spacial score (nSPS) is 12.2. The van der Waals surface area contributed by atoms with Gasteiger partial charge in [-0.1, -0.05) is 67.0 Å². The van der Waals surface area contributed by atoms with Gasteiger partial charge in [0.1, 0.15) is 11.5 Å². The fourth-order valence-corrected chi connectivity index (χ4v) is 4.14. The smallest absolute Gasteiger partial charge is 0.119 e. The Morgan fingerprint density at radius 3 is 1.34 bits per heavy atom. The van der Waals surface area contributed by atoms with Gasteiger partial charge in [-0.05, 0) is 76.6 Å². The molecular weight excluding hydrogens is 375 g/mol. The lowest BCUT2D eigenvalue weighted by Gasteiger charge is -2.29. The molecule has 0 fully saturated rings. The maximum Gasteiger partial charge on any atom is 0.119 e. The summed E-state index contributed by atoms with van der Waals surface area (Å²) in [5, 5.41) is 21.1. The second-order valence-electron chi connectivity index (χ2n) is 10.3. The third kappa shape index (κ3) is 5.54. The lowest BCUT2D eigenvalue weighted by Crippen LogP contribution is -2.16. The molecule has 2 rings (SSSR count). The van der Waals surface area contributed by atoms with Gasteiger partial charge in [-0.25, -0.2) is 0 Å². The van der Waals surface area contributed by atoms with Gasteiger partial charge in [-0.3, -0.25) is 0 Å². The van der Waals surface area contributed by atoms with Crippen LogP contribution in [0.4, 0.5) is 0 Å². The van der Waals surface area contributed by atoms with E-state index in [1.165, 1.54) is 11.1 Å². The fraction of sp³-hybridized carbons (Fsp3) is 0.538. The van der Waals surface area contributed by atoms with Crippen molar-refractivity contribution in [2.75, 3.05) is 0 Å². The van der Waals surface area contributed by atoms with E-state index in [4.69, 9.17) is 0 Å². The number of aromatic hydroxyl groups is 2. The summed E-state index contributed by atoms with van der Waals surface area (Å²) in [6.45, 7) is 19.2. The van der Waals surface area contributed by atoms with Gasteiger partial charge in [-0.2, -0.15) is 9.90 Å². The molecule has 0 bridgehead atoms. The van der Waals surface area contributed by atoms with Crippen molar-refractivity contribution in [3.05, 3.63) is 57.6 Å². The molecule has 0 aliphatic heterocycles. The Hall–Kier alpha value is -1.53. The Morgan fingerprint density at radius 1 is 0.724 bits per heavy atom. The van der Waals surface area contributed by atoms with Crippen molar-refractivity contribution in [2.24, 2.45) is 0 Å². The van der Waals surface area contributed by atoms with Crippen LogP contribution in [0, 0.1) is 13.8 Å². The zero-order chi connectivity index (χ0) is 21.4. The largest absolute Gasteiger partial charge is 0.508 e. The summed E-state index contributed by atoms with van der Waals surface area (Å²) in [6, 6.07) is 8.24. The standard InChI is InChI=1S/C26H38O2.H3P/c1-10-11-18(19-14-21(25(4,5)6)23(27)12-16(19)2)20-15-22(26(7,8)9)24(28)13-17(20)3;/h12-15,18,27-28H,10-11H2,1-9H3;1H3. The highest BCUT2D eigenvalue weighted by Gasteiger charge is 2.26. The van der Waals surface area contributed by atoms with Crippen LogP contribution >= 0.6 is 9.90 Å². The number of benzene rings is 2. The van der Waals surface area contributed by atoms with Crippen LogP contribution in [0.15, 0.2) is 24.3 Å². The number of hydrogen-bond donors (Lipinski definition) is 2. The van der Waals surface area contributed by atoms with E-state index in [9.17, 15) is 10.2 Å². The Balaban J connectivity index is 0.00000420. The van der Waals surface area contributed by atoms with Gasteiger partial charge in [0.15, 0.2) is 0 Å². The molecule has 0 saturated heterocycles. The molecule has 162 valence electrons. The molecule has 0 heterocycles. The molecule has 1 atom stereocenters. The van der Waals surface area contributed by atoms with Crippen LogP contribution in [0.25, 0.3) is 0 Å². The van der Waals surface area contributed by atoms with E-state index in [1.807, 2.05) is 12.1 Å². The van der Waals surface area contributed by atoms with E-state index in [2.05, 4.69) is 74.4 Å². The average molecular weight is 417 g/mol. The van der Waals surface area contributed by atoms with Gasteiger partial charge in [0, 0.05) is 5.92 Å². The first-order chi connectivity index (χ1) is 12.8. The Bertz CT molecular complexity index is 785. The minimum atomic E-state index is -0.121. The van der Waals surface area contributed by atoms with Crippen LogP contribution in [0.5, 0.6) is 11.5 Å². The Morgan fingerprint density at radius 2 is 1.07 bits per heavy atom. The van der Waals surface area contributed by atoms with Gasteiger partial charge < -0.3 is 10.2 Å². The molecule has 0 radical (unpaired) electrons. The number of rotatable bonds is 4. The monoisotopic (exact) mass is 416 g/mol. The first-order valence-corrected chi connectivity index (χ1v) is 10.4. The molecule has 0 aliphatic carbocycles. The summed E-state index contributed by atoms with van der Waals surface area (Å²) in [4.78, 5) is 0. The third-order valence-electron chi connectivity index (χ3n) is 5.71. The topological polar surface area (TPSA) is 40.5 Å². The molecular formula is C26H41O2P. The van der Waals surface area contributed by atoms with E-state index in [1.54, 1.807) is 0 Å². The zero-order valence-corrected chi connectivity index (χ0v) is 21.3. The van der Waals surface area contributed by atoms with Gasteiger partial charge >= 0.3 is 0 Å². The second-order valence-corrected chi connectivity index (χ2v) is 10.3. The maximum absolute atomic E-state index is 10.5. The molecule has 0 amide bonds. The molecule has 2 aromatic rings. The highest BCUT2D eigenvalue weighted by atomic mass is 31.0. The third-order valence-corrected chi connectivity index (χ3v) is 5.71. The van der Waals surface area contributed by atoms with Crippen LogP contribution in [-0.2, 0) is 10.8 Å². The zero-order valence-electron chi connectivity index (χ0n) is 19.9. The molecule has 0 saturated carbocycles. The van der Waals surface area contributed by atoms with Crippen LogP contribution < -0.4 is 0 Å². The van der Waals surface area contributed by atoms with Crippen molar-refractivity contribution in [3.63, 3.8) is 0 Å². The van der Waals surface area contributed by atoms with Crippen LogP contribution in [-0.4, -0.2) is 10.2 Å². The van der Waals surface area contributed by atoms with E-state index in [-0.39, 0.29) is 26.6 Å². The molecule has 1 unspecified atom stereocenters. The molecule has 0 spiro atoms. The first kappa shape index (κ1) is 25.5. The van der Waals surface area contributed by atoms with Crippen molar-refractivity contribution in [2.45, 2.75) is 91.9 Å². The fourth-order valence-electron chi connectivity index (χ4n) is 4.14. The number of hydrogen-bond acceptors (Lipinski definition) is 2. The van der Waals surface area contributed by atoms with E-state index >= 15 is 0 Å². The molecule has 3 heteroatoms. The van der Waals surface area contributed by atoms with Gasteiger partial charge in [0.05, 0.1) is 0 Å². The first-order valence-electron chi connectivity index (χ1n) is 10.4. The van der Waals surface area contributed by atoms with E-state index in [0.29, 0.717) is 11.5 Å². The summed E-state index contributed by atoms with van der Waals surface area (Å²) in [5.74, 6) is 0.997. The highest BCUT2D eigenvalue weighted by molar-refractivity contribution is 6.92. The van der Waals surface area contributed by atoms with E-state index < -0.39 is 0 Å². The molecule has 2 nitrogen and oxygen atoms in total. The summed E-state index contributed by atoms with van der Waals surface area (Å²) >= 11 is 0. The van der Waals surface area contributed by atoms with Gasteiger partial charge in [0.2, 0.25) is 0 Å². The molecule has 0 aromatic heterocycles. The van der Waals surface area contributed by atoms with Crippen LogP contribution in [0.3, 0.4) is 0 Å². The quantitative estimate of drug-likeness (QED) is 0.513. The SMILES string of the molecule is CCCC(c1cc(C(C)(C)C)c(O)cc1C)c1cc(C(C)(C)C)c(O)cc1C.P. The molecule has 2 N–H and O–H groups in total. The number of aryl methyl sites for hydroxylation is 2. The lowest BCUT2D eigenvalue weighted by atomic mass is 9.76. The minimum absolute atomic E-state index is 0. The van der Waals surface area contributed by atoms with Crippen molar-refractivity contribution in [1.82, 2.24) is 0 Å². The molecule has 2 aromatic carbocycles. The summed E-state index contributed by atoms with van der Waals surface area (Å²) < 4.78 is 0. The average Bonchev–Trinajstić information content (AvgIpc) is 2.51. The van der Waals surface area contributed by atoms with Crippen molar-refractivity contribution in [1.29, 1.82) is 0 Å². The van der Waals surface area contributed by atoms with E-state index in [0.717, 1.165) is 35.1 Å². The predicted molar refractivity (Wildman–Crippen MR) is 131 cm³/mol. The van der Waals surface area contributed by atoms with Crippen molar-refractivity contribution in [3.8, 4) is 11.5 Å². The predicted octanol–water partition coefficient (Wildman–Crippen LogP) is 7.30. The van der Waals surface area contributed by atoms with Gasteiger partial charge in [-0.15, -0.1) is 0 Å². The van der Waals surface area contributed by atoms with Crippen LogP contribution in [0.1, 0.15) is 101 Å². The highest BCUT2D eigenvalue weighted by Crippen LogP contribution is 2.42. The second kappa shape index (κ2) is 9.09. The summed E-state index contributed by atoms with van der Waals surface area (Å²) in [6.07, 6.45) is 2.10. The Kier molecular flexibility index (Phi) is 7.99. The van der Waals surface area contributed by atoms with Gasteiger partial charge in [0.25, 0.3) is 0 Å². The molecule has 0 aliphatic rings. The Labute approximate surface area is 181 Å². The summed E-state index contributed by atoms with van der Waals surface area (Å²) in [7, 11) is 0.